The summed E-state index contributed by atoms with van der Waals surface area (Å²) in [7, 11) is 3.55. The van der Waals surface area contributed by atoms with Crippen molar-refractivity contribution in [2.45, 2.75) is 17.9 Å². The van der Waals surface area contributed by atoms with Crippen LogP contribution in [0.25, 0.3) is 0 Å². The molecule has 0 heterocycles. The summed E-state index contributed by atoms with van der Waals surface area (Å²) in [6.07, 6.45) is 0. The Morgan fingerprint density at radius 1 is 1.06 bits per heavy atom. The second-order valence-electron chi connectivity index (χ2n) is 4.60. The highest BCUT2D eigenvalue weighted by Crippen LogP contribution is 2.18. The molecule has 0 aromatic heterocycles. The van der Waals surface area contributed by atoms with Crippen LogP contribution in [0.1, 0.15) is 18.5 Å². The van der Waals surface area contributed by atoms with Crippen molar-refractivity contribution in [3.8, 4) is 0 Å². The van der Waals surface area contributed by atoms with Crippen molar-refractivity contribution >= 4 is 10.0 Å². The molecule has 0 radical (unpaired) electrons. The molecule has 0 aliphatic heterocycles. The molecule has 18 heavy (non-hydrogen) atoms. The fourth-order valence-corrected chi connectivity index (χ4v) is 2.50. The molecule has 1 aromatic carbocycles. The first kappa shape index (κ1) is 15.1. The van der Waals surface area contributed by atoms with Gasteiger partial charge < -0.3 is 0 Å². The van der Waals surface area contributed by atoms with Crippen LogP contribution >= 0.6 is 0 Å². The molecule has 0 bridgehead atoms. The molecule has 1 rings (SSSR count). The van der Waals surface area contributed by atoms with E-state index in [1.54, 1.807) is 12.1 Å². The molecule has 1 N–H and O–H groups in total. The Morgan fingerprint density at radius 3 is 1.94 bits per heavy atom. The topological polar surface area (TPSA) is 52.7 Å². The van der Waals surface area contributed by atoms with Crippen LogP contribution in [0.2, 0.25) is 0 Å². The van der Waals surface area contributed by atoms with Crippen LogP contribution in [-0.4, -0.2) is 45.9 Å². The summed E-state index contributed by atoms with van der Waals surface area (Å²) in [5.41, 5.74) is 4.26. The van der Waals surface area contributed by atoms with Gasteiger partial charge in [-0.25, -0.2) is 18.1 Å². The second-order valence-corrected chi connectivity index (χ2v) is 6.75. The molecular weight excluding hydrogens is 250 g/mol. The van der Waals surface area contributed by atoms with E-state index in [1.807, 2.05) is 38.2 Å². The number of sulfonamides is 1. The molecular formula is C12H21N3O2S. The first-order valence-corrected chi connectivity index (χ1v) is 7.15. The zero-order chi connectivity index (χ0) is 13.9. The van der Waals surface area contributed by atoms with Crippen LogP contribution in [0.4, 0.5) is 0 Å². The number of hydrogen-bond donors (Lipinski definition) is 1. The van der Waals surface area contributed by atoms with E-state index in [1.165, 1.54) is 18.4 Å². The van der Waals surface area contributed by atoms with E-state index in [9.17, 15) is 8.42 Å². The molecule has 5 nitrogen and oxygen atoms in total. The third-order valence-electron chi connectivity index (χ3n) is 2.61. The van der Waals surface area contributed by atoms with Crippen molar-refractivity contribution in [3.63, 3.8) is 0 Å². The van der Waals surface area contributed by atoms with Crippen LogP contribution in [0.15, 0.2) is 29.2 Å². The summed E-state index contributed by atoms with van der Waals surface area (Å²) in [5, 5.41) is 1.87. The van der Waals surface area contributed by atoms with Crippen LogP contribution in [-0.2, 0) is 10.0 Å². The molecule has 0 aliphatic carbocycles. The van der Waals surface area contributed by atoms with Crippen LogP contribution in [0.3, 0.4) is 0 Å². The Labute approximate surface area is 109 Å². The number of benzene rings is 1. The zero-order valence-corrected chi connectivity index (χ0v) is 12.3. The summed E-state index contributed by atoms with van der Waals surface area (Å²) in [4.78, 5) is 0.313. The van der Waals surface area contributed by atoms with Crippen molar-refractivity contribution in [3.05, 3.63) is 29.8 Å². The van der Waals surface area contributed by atoms with Gasteiger partial charge in [-0.2, -0.15) is 0 Å². The fourth-order valence-electron chi connectivity index (χ4n) is 1.60. The lowest BCUT2D eigenvalue weighted by Gasteiger charge is -2.20. The monoisotopic (exact) mass is 271 g/mol. The molecule has 0 aliphatic rings. The van der Waals surface area contributed by atoms with Gasteiger partial charge in [0.05, 0.1) is 4.90 Å². The Bertz CT molecular complexity index is 481. The lowest BCUT2D eigenvalue weighted by Crippen LogP contribution is -2.32. The lowest BCUT2D eigenvalue weighted by molar-refractivity contribution is 0.252. The highest BCUT2D eigenvalue weighted by molar-refractivity contribution is 7.89. The molecule has 1 atom stereocenters. The average Bonchev–Trinajstić information content (AvgIpc) is 2.28. The molecule has 102 valence electrons. The van der Waals surface area contributed by atoms with Crippen molar-refractivity contribution < 1.29 is 8.42 Å². The first-order valence-electron chi connectivity index (χ1n) is 5.71. The van der Waals surface area contributed by atoms with Gasteiger partial charge in [-0.15, -0.1) is 0 Å². The Morgan fingerprint density at radius 2 is 1.56 bits per heavy atom. The van der Waals surface area contributed by atoms with Crippen molar-refractivity contribution in [2.24, 2.45) is 0 Å². The van der Waals surface area contributed by atoms with Crippen molar-refractivity contribution in [1.82, 2.24) is 14.7 Å². The van der Waals surface area contributed by atoms with Gasteiger partial charge in [0.15, 0.2) is 0 Å². The van der Waals surface area contributed by atoms with Crippen molar-refractivity contribution in [2.75, 3.05) is 28.2 Å². The van der Waals surface area contributed by atoms with Gasteiger partial charge in [0.25, 0.3) is 0 Å². The molecule has 1 unspecified atom stereocenters. The third-order valence-corrected chi connectivity index (χ3v) is 4.44. The average molecular weight is 271 g/mol. The van der Waals surface area contributed by atoms with Gasteiger partial charge in [-0.1, -0.05) is 12.1 Å². The van der Waals surface area contributed by atoms with Gasteiger partial charge in [-0.05, 0) is 24.6 Å². The minimum atomic E-state index is -3.34. The number of rotatable bonds is 5. The smallest absolute Gasteiger partial charge is 0.242 e. The lowest BCUT2D eigenvalue weighted by atomic mass is 10.1. The first-order chi connectivity index (χ1) is 8.25. The maximum atomic E-state index is 11.9. The highest BCUT2D eigenvalue weighted by Gasteiger charge is 2.17. The van der Waals surface area contributed by atoms with E-state index in [4.69, 9.17) is 0 Å². The van der Waals surface area contributed by atoms with Crippen LogP contribution in [0.5, 0.6) is 0 Å². The predicted molar refractivity (Wildman–Crippen MR) is 72.6 cm³/mol. The van der Waals surface area contributed by atoms with Crippen LogP contribution in [0, 0.1) is 0 Å². The molecule has 6 heteroatoms. The summed E-state index contributed by atoms with van der Waals surface area (Å²) in [5.74, 6) is 0. The maximum Gasteiger partial charge on any atom is 0.242 e. The summed E-state index contributed by atoms with van der Waals surface area (Å²) in [6.45, 7) is 2.02. The van der Waals surface area contributed by atoms with Gasteiger partial charge in [0.2, 0.25) is 10.0 Å². The summed E-state index contributed by atoms with van der Waals surface area (Å²) < 4.78 is 25.0. The zero-order valence-electron chi connectivity index (χ0n) is 11.5. The number of nitrogens with one attached hydrogen (secondary N) is 1. The molecule has 0 fully saturated rings. The molecule has 1 aromatic rings. The highest BCUT2D eigenvalue weighted by atomic mass is 32.2. The van der Waals surface area contributed by atoms with Gasteiger partial charge in [0, 0.05) is 34.2 Å². The molecule has 0 spiro atoms. The van der Waals surface area contributed by atoms with Gasteiger partial charge in [0.1, 0.15) is 0 Å². The summed E-state index contributed by atoms with van der Waals surface area (Å²) in [6, 6.07) is 7.07. The predicted octanol–water partition coefficient (Wildman–Crippen LogP) is 1.06. The Balaban J connectivity index is 2.94. The SMILES string of the molecule is CC(NN(C)C)c1ccc(S(=O)(=O)N(C)C)cc1. The van der Waals surface area contributed by atoms with Crippen LogP contribution < -0.4 is 5.43 Å². The molecule has 0 saturated carbocycles. The van der Waals surface area contributed by atoms with E-state index < -0.39 is 10.0 Å². The Hall–Kier alpha value is -0.950. The molecule has 0 amide bonds. The number of hydrazine groups is 1. The van der Waals surface area contributed by atoms with E-state index in [0.29, 0.717) is 4.90 Å². The fraction of sp³-hybridized carbons (Fsp3) is 0.500. The quantitative estimate of drug-likeness (QED) is 0.814. The largest absolute Gasteiger partial charge is 0.250 e. The number of hydrogen-bond acceptors (Lipinski definition) is 4. The van der Waals surface area contributed by atoms with E-state index in [-0.39, 0.29) is 6.04 Å². The Kier molecular flexibility index (Phi) is 4.86. The standard InChI is InChI=1S/C12H21N3O2S/c1-10(13-14(2)3)11-6-8-12(9-7-11)18(16,17)15(4)5/h6-10,13H,1-5H3. The van der Waals surface area contributed by atoms with E-state index in [2.05, 4.69) is 5.43 Å². The van der Waals surface area contributed by atoms with Gasteiger partial charge in [-0.3, -0.25) is 5.01 Å². The minimum absolute atomic E-state index is 0.135. The second kappa shape index (κ2) is 5.79. The van der Waals surface area contributed by atoms with Crippen molar-refractivity contribution in [1.29, 1.82) is 0 Å². The minimum Gasteiger partial charge on any atom is -0.250 e. The maximum absolute atomic E-state index is 11.9. The van der Waals surface area contributed by atoms with E-state index in [0.717, 1.165) is 5.56 Å². The number of nitrogens with zero attached hydrogens (tertiary/aromatic N) is 2. The van der Waals surface area contributed by atoms with Gasteiger partial charge >= 0.3 is 0 Å². The van der Waals surface area contributed by atoms with E-state index >= 15 is 0 Å². The third kappa shape index (κ3) is 3.52. The molecule has 0 saturated heterocycles. The summed E-state index contributed by atoms with van der Waals surface area (Å²) >= 11 is 0. The normalized spacial score (nSPS) is 14.2.